The fourth-order valence-electron chi connectivity index (χ4n) is 2.07. The molecule has 1 aromatic carbocycles. The summed E-state index contributed by atoms with van der Waals surface area (Å²) in [5, 5.41) is 14.7. The summed E-state index contributed by atoms with van der Waals surface area (Å²) in [7, 11) is 0. The SMILES string of the molecule is CCOC(=O)CC(=O)Cn1nc(-c2ccc([N+](=O)[O-])cc2)ccc1=O. The van der Waals surface area contributed by atoms with Gasteiger partial charge < -0.3 is 4.74 Å². The first-order chi connectivity index (χ1) is 11.9. The summed E-state index contributed by atoms with van der Waals surface area (Å²) in [6, 6.07) is 8.32. The van der Waals surface area contributed by atoms with Crippen LogP contribution in [0.2, 0.25) is 0 Å². The molecule has 0 unspecified atom stereocenters. The van der Waals surface area contributed by atoms with Crippen LogP contribution in [0.4, 0.5) is 5.69 Å². The van der Waals surface area contributed by atoms with Crippen molar-refractivity contribution in [2.24, 2.45) is 0 Å². The average molecular weight is 345 g/mol. The highest BCUT2D eigenvalue weighted by molar-refractivity contribution is 5.95. The van der Waals surface area contributed by atoms with Gasteiger partial charge in [0.1, 0.15) is 13.0 Å². The normalized spacial score (nSPS) is 10.3. The van der Waals surface area contributed by atoms with E-state index in [2.05, 4.69) is 9.84 Å². The number of carbonyl (C=O) groups excluding carboxylic acids is 2. The van der Waals surface area contributed by atoms with Crippen molar-refractivity contribution < 1.29 is 19.2 Å². The summed E-state index contributed by atoms with van der Waals surface area (Å²) in [4.78, 5) is 45.1. The molecule has 9 heteroatoms. The minimum absolute atomic E-state index is 0.0679. The number of nitro groups is 1. The number of nitrogens with zero attached hydrogens (tertiary/aromatic N) is 3. The van der Waals surface area contributed by atoms with Crippen LogP contribution < -0.4 is 5.56 Å². The molecule has 0 saturated heterocycles. The Morgan fingerprint density at radius 1 is 1.20 bits per heavy atom. The Balaban J connectivity index is 2.19. The summed E-state index contributed by atoms with van der Waals surface area (Å²) in [5.74, 6) is -1.17. The number of ether oxygens (including phenoxy) is 1. The Kier molecular flexibility index (Phi) is 5.72. The van der Waals surface area contributed by atoms with Crippen LogP contribution in [-0.4, -0.2) is 33.1 Å². The average Bonchev–Trinajstić information content (AvgIpc) is 2.57. The second-order valence-electron chi connectivity index (χ2n) is 5.04. The fraction of sp³-hybridized carbons (Fsp3) is 0.250. The molecule has 130 valence electrons. The maximum Gasteiger partial charge on any atom is 0.313 e. The molecule has 0 N–H and O–H groups in total. The van der Waals surface area contributed by atoms with Gasteiger partial charge in [0.05, 0.1) is 17.2 Å². The molecule has 2 aromatic rings. The van der Waals surface area contributed by atoms with Crippen molar-refractivity contribution in [3.8, 4) is 11.3 Å². The van der Waals surface area contributed by atoms with Crippen molar-refractivity contribution in [1.29, 1.82) is 0 Å². The van der Waals surface area contributed by atoms with Gasteiger partial charge in [0.25, 0.3) is 11.2 Å². The number of Topliss-reactive ketones (excluding diaryl/α,β-unsaturated/α-hetero) is 1. The monoisotopic (exact) mass is 345 g/mol. The van der Waals surface area contributed by atoms with Gasteiger partial charge in [-0.05, 0) is 25.1 Å². The van der Waals surface area contributed by atoms with E-state index in [4.69, 9.17) is 0 Å². The number of non-ortho nitro benzene ring substituents is 1. The molecule has 9 nitrogen and oxygen atoms in total. The third-order valence-electron chi connectivity index (χ3n) is 3.21. The molecule has 2 rings (SSSR count). The number of hydrogen-bond donors (Lipinski definition) is 0. The van der Waals surface area contributed by atoms with Gasteiger partial charge in [-0.1, -0.05) is 0 Å². The van der Waals surface area contributed by atoms with Crippen LogP contribution in [0.1, 0.15) is 13.3 Å². The lowest BCUT2D eigenvalue weighted by Crippen LogP contribution is -2.27. The minimum Gasteiger partial charge on any atom is -0.466 e. The highest BCUT2D eigenvalue weighted by Crippen LogP contribution is 2.19. The van der Waals surface area contributed by atoms with E-state index in [1.807, 2.05) is 0 Å². The molecule has 25 heavy (non-hydrogen) atoms. The van der Waals surface area contributed by atoms with Gasteiger partial charge in [0.15, 0.2) is 5.78 Å². The minimum atomic E-state index is -0.660. The van der Waals surface area contributed by atoms with E-state index in [-0.39, 0.29) is 18.8 Å². The van der Waals surface area contributed by atoms with E-state index in [0.29, 0.717) is 11.3 Å². The maximum atomic E-state index is 11.8. The van der Waals surface area contributed by atoms with Crippen molar-refractivity contribution >= 4 is 17.4 Å². The Bertz CT molecular complexity index is 857. The van der Waals surface area contributed by atoms with Crippen LogP contribution in [0.5, 0.6) is 0 Å². The van der Waals surface area contributed by atoms with Crippen molar-refractivity contribution in [3.05, 3.63) is 56.9 Å². The molecule has 0 bridgehead atoms. The van der Waals surface area contributed by atoms with Crippen LogP contribution in [0, 0.1) is 10.1 Å². The van der Waals surface area contributed by atoms with Gasteiger partial charge in [-0.3, -0.25) is 24.5 Å². The molecule has 0 amide bonds. The zero-order valence-electron chi connectivity index (χ0n) is 13.4. The van der Waals surface area contributed by atoms with E-state index < -0.39 is 28.7 Å². The Hall–Kier alpha value is -3.36. The van der Waals surface area contributed by atoms with Crippen molar-refractivity contribution in [1.82, 2.24) is 9.78 Å². The number of esters is 1. The molecular weight excluding hydrogens is 330 g/mol. The number of hydrogen-bond acceptors (Lipinski definition) is 7. The van der Waals surface area contributed by atoms with Crippen molar-refractivity contribution in [3.63, 3.8) is 0 Å². The molecular formula is C16H15N3O6. The van der Waals surface area contributed by atoms with E-state index in [1.165, 1.54) is 36.4 Å². The molecule has 1 aromatic heterocycles. The molecule has 0 fully saturated rings. The van der Waals surface area contributed by atoms with Gasteiger partial charge in [-0.2, -0.15) is 5.10 Å². The summed E-state index contributed by atoms with van der Waals surface area (Å²) in [5.41, 5.74) is 0.361. The molecule has 0 aliphatic carbocycles. The Labute approximate surface area is 142 Å². The third kappa shape index (κ3) is 4.80. The van der Waals surface area contributed by atoms with E-state index >= 15 is 0 Å². The van der Waals surface area contributed by atoms with Gasteiger partial charge >= 0.3 is 5.97 Å². The zero-order valence-corrected chi connectivity index (χ0v) is 13.4. The number of aromatic nitrogens is 2. The first-order valence-electron chi connectivity index (χ1n) is 7.41. The molecule has 1 heterocycles. The standard InChI is InChI=1S/C16H15N3O6/c1-2-25-16(22)9-13(20)10-18-15(21)8-7-14(17-18)11-3-5-12(6-4-11)19(23)24/h3-8H,2,9-10H2,1H3. The fourth-order valence-corrected chi connectivity index (χ4v) is 2.07. The van der Waals surface area contributed by atoms with Gasteiger partial charge in [-0.25, -0.2) is 4.68 Å². The molecule has 0 radical (unpaired) electrons. The summed E-state index contributed by atoms with van der Waals surface area (Å²) < 4.78 is 5.62. The lowest BCUT2D eigenvalue weighted by molar-refractivity contribution is -0.384. The number of ketones is 1. The number of carbonyl (C=O) groups is 2. The van der Waals surface area contributed by atoms with Gasteiger partial charge in [0, 0.05) is 23.8 Å². The first-order valence-corrected chi connectivity index (χ1v) is 7.41. The van der Waals surface area contributed by atoms with Gasteiger partial charge in [0.2, 0.25) is 0 Å². The van der Waals surface area contributed by atoms with E-state index in [0.717, 1.165) is 4.68 Å². The van der Waals surface area contributed by atoms with Crippen LogP contribution in [0.15, 0.2) is 41.2 Å². The lowest BCUT2D eigenvalue weighted by atomic mass is 10.1. The summed E-state index contributed by atoms with van der Waals surface area (Å²) in [6.07, 6.45) is -0.441. The Morgan fingerprint density at radius 3 is 2.48 bits per heavy atom. The van der Waals surface area contributed by atoms with Crippen LogP contribution in [0.3, 0.4) is 0 Å². The lowest BCUT2D eigenvalue weighted by Gasteiger charge is -2.07. The van der Waals surface area contributed by atoms with Crippen LogP contribution in [0.25, 0.3) is 11.3 Å². The first kappa shape index (κ1) is 18.0. The molecule has 0 aliphatic rings. The maximum absolute atomic E-state index is 11.8. The quantitative estimate of drug-likeness (QED) is 0.321. The van der Waals surface area contributed by atoms with E-state index in [1.54, 1.807) is 6.92 Å². The van der Waals surface area contributed by atoms with Crippen molar-refractivity contribution in [2.45, 2.75) is 19.9 Å². The highest BCUT2D eigenvalue weighted by Gasteiger charge is 2.13. The Morgan fingerprint density at radius 2 is 1.88 bits per heavy atom. The highest BCUT2D eigenvalue weighted by atomic mass is 16.6. The molecule has 0 aliphatic heterocycles. The molecule has 0 spiro atoms. The summed E-state index contributed by atoms with van der Waals surface area (Å²) in [6.45, 7) is 1.43. The number of benzene rings is 1. The van der Waals surface area contributed by atoms with Crippen LogP contribution >= 0.6 is 0 Å². The zero-order chi connectivity index (χ0) is 18.4. The van der Waals surface area contributed by atoms with E-state index in [9.17, 15) is 24.5 Å². The molecule has 0 atom stereocenters. The smallest absolute Gasteiger partial charge is 0.313 e. The van der Waals surface area contributed by atoms with Crippen LogP contribution in [-0.2, 0) is 20.9 Å². The molecule has 0 saturated carbocycles. The second-order valence-corrected chi connectivity index (χ2v) is 5.04. The third-order valence-corrected chi connectivity index (χ3v) is 3.21. The number of nitro benzene ring substituents is 1. The number of rotatable bonds is 7. The predicted molar refractivity (Wildman–Crippen MR) is 86.8 cm³/mol. The summed E-state index contributed by atoms with van der Waals surface area (Å²) >= 11 is 0. The largest absolute Gasteiger partial charge is 0.466 e. The predicted octanol–water partition coefficient (Wildman–Crippen LogP) is 1.34. The topological polar surface area (TPSA) is 121 Å². The van der Waals surface area contributed by atoms with Gasteiger partial charge in [-0.15, -0.1) is 0 Å². The second kappa shape index (κ2) is 7.95. The van der Waals surface area contributed by atoms with Crippen molar-refractivity contribution in [2.75, 3.05) is 6.61 Å².